The number of pyridine rings is 1. The molecule has 4 rings (SSSR count). The van der Waals surface area contributed by atoms with E-state index in [0.717, 1.165) is 11.8 Å². The van der Waals surface area contributed by atoms with Crippen LogP contribution in [0.5, 0.6) is 11.5 Å². The van der Waals surface area contributed by atoms with Crippen LogP contribution in [0.15, 0.2) is 65.7 Å². The zero-order chi connectivity index (χ0) is 19.7. The second-order valence-electron chi connectivity index (χ2n) is 6.28. The standard InChI is InChI=1S/C20H17N3O4S/c1-28(25,26)15-7-5-14(6-8-15)27-19-11-18-17(10-13(19)12-24)22-20(23-18)16-4-2-3-9-21-16/h2-11,24H,12H2,1H3,(H,22,23). The molecular formula is C20H17N3O4S. The quantitative estimate of drug-likeness (QED) is 0.537. The molecule has 0 fully saturated rings. The van der Waals surface area contributed by atoms with Crippen LogP contribution in [-0.4, -0.2) is 34.7 Å². The molecule has 2 aromatic carbocycles. The lowest BCUT2D eigenvalue weighted by molar-refractivity contribution is 0.276. The summed E-state index contributed by atoms with van der Waals surface area (Å²) in [5.74, 6) is 1.54. The van der Waals surface area contributed by atoms with Gasteiger partial charge in [-0.1, -0.05) is 6.07 Å². The molecule has 0 bridgehead atoms. The van der Waals surface area contributed by atoms with E-state index in [4.69, 9.17) is 4.74 Å². The summed E-state index contributed by atoms with van der Waals surface area (Å²) in [6, 6.07) is 15.2. The average molecular weight is 395 g/mol. The maximum absolute atomic E-state index is 11.6. The summed E-state index contributed by atoms with van der Waals surface area (Å²) in [4.78, 5) is 12.2. The monoisotopic (exact) mass is 395 g/mol. The van der Waals surface area contributed by atoms with Gasteiger partial charge < -0.3 is 14.8 Å². The van der Waals surface area contributed by atoms with Crippen molar-refractivity contribution < 1.29 is 18.3 Å². The summed E-state index contributed by atoms with van der Waals surface area (Å²) in [7, 11) is -3.27. The predicted molar refractivity (Wildman–Crippen MR) is 105 cm³/mol. The van der Waals surface area contributed by atoms with Gasteiger partial charge in [0.15, 0.2) is 15.7 Å². The molecule has 2 aromatic heterocycles. The van der Waals surface area contributed by atoms with Gasteiger partial charge in [-0.25, -0.2) is 13.4 Å². The number of nitrogens with one attached hydrogen (secondary N) is 1. The van der Waals surface area contributed by atoms with Crippen molar-refractivity contribution in [3.8, 4) is 23.0 Å². The Morgan fingerprint density at radius 2 is 1.89 bits per heavy atom. The third-order valence-electron chi connectivity index (χ3n) is 4.22. The Kier molecular flexibility index (Phi) is 4.58. The minimum absolute atomic E-state index is 0.214. The van der Waals surface area contributed by atoms with Crippen LogP contribution >= 0.6 is 0 Å². The van der Waals surface area contributed by atoms with Crippen LogP contribution in [0, 0.1) is 0 Å². The fraction of sp³-hybridized carbons (Fsp3) is 0.100. The molecule has 2 N–H and O–H groups in total. The molecule has 142 valence electrons. The summed E-state index contributed by atoms with van der Waals surface area (Å²) >= 11 is 0. The first-order valence-corrected chi connectivity index (χ1v) is 10.4. The number of hydrogen-bond donors (Lipinski definition) is 2. The number of rotatable bonds is 5. The van der Waals surface area contributed by atoms with Crippen LogP contribution in [0.1, 0.15) is 5.56 Å². The Balaban J connectivity index is 1.70. The van der Waals surface area contributed by atoms with Crippen molar-refractivity contribution in [3.63, 3.8) is 0 Å². The first-order chi connectivity index (χ1) is 13.4. The third kappa shape index (κ3) is 3.60. The summed E-state index contributed by atoms with van der Waals surface area (Å²) < 4.78 is 29.0. The van der Waals surface area contributed by atoms with Gasteiger partial charge in [-0.15, -0.1) is 0 Å². The van der Waals surface area contributed by atoms with Crippen molar-refractivity contribution in [1.82, 2.24) is 15.0 Å². The molecule has 28 heavy (non-hydrogen) atoms. The molecule has 7 nitrogen and oxygen atoms in total. The van der Waals surface area contributed by atoms with Crippen LogP contribution < -0.4 is 4.74 Å². The highest BCUT2D eigenvalue weighted by Crippen LogP contribution is 2.31. The van der Waals surface area contributed by atoms with E-state index in [1.807, 2.05) is 18.2 Å². The molecule has 0 aliphatic carbocycles. The van der Waals surface area contributed by atoms with Crippen LogP contribution in [-0.2, 0) is 16.4 Å². The van der Waals surface area contributed by atoms with Gasteiger partial charge in [0.1, 0.15) is 17.2 Å². The molecule has 0 atom stereocenters. The molecule has 0 radical (unpaired) electrons. The number of imidazole rings is 1. The molecule has 4 aromatic rings. The number of nitrogens with zero attached hydrogens (tertiary/aromatic N) is 2. The zero-order valence-electron chi connectivity index (χ0n) is 15.0. The van der Waals surface area contributed by atoms with Crippen LogP contribution in [0.3, 0.4) is 0 Å². The van der Waals surface area contributed by atoms with Gasteiger partial charge in [0.2, 0.25) is 0 Å². The molecule has 0 spiro atoms. The van der Waals surface area contributed by atoms with E-state index in [2.05, 4.69) is 15.0 Å². The summed E-state index contributed by atoms with van der Waals surface area (Å²) in [6.45, 7) is -0.224. The number of aliphatic hydroxyl groups excluding tert-OH is 1. The molecule has 0 aliphatic heterocycles. The molecule has 0 unspecified atom stereocenters. The smallest absolute Gasteiger partial charge is 0.175 e. The lowest BCUT2D eigenvalue weighted by Crippen LogP contribution is -1.97. The van der Waals surface area contributed by atoms with Crippen LogP contribution in [0.25, 0.3) is 22.6 Å². The van der Waals surface area contributed by atoms with E-state index in [-0.39, 0.29) is 11.5 Å². The predicted octanol–water partition coefficient (Wildman–Crippen LogP) is 3.31. The minimum Gasteiger partial charge on any atom is -0.457 e. The number of hydrogen-bond acceptors (Lipinski definition) is 6. The summed E-state index contributed by atoms with van der Waals surface area (Å²) in [6.07, 6.45) is 2.84. The summed E-state index contributed by atoms with van der Waals surface area (Å²) in [5, 5.41) is 9.72. The van der Waals surface area contributed by atoms with Crippen molar-refractivity contribution in [1.29, 1.82) is 0 Å². The Hall–Kier alpha value is -3.23. The van der Waals surface area contributed by atoms with Crippen LogP contribution in [0.4, 0.5) is 0 Å². The first kappa shape index (κ1) is 18.1. The van der Waals surface area contributed by atoms with Gasteiger partial charge in [0.25, 0.3) is 0 Å². The molecular weight excluding hydrogens is 378 g/mol. The van der Waals surface area contributed by atoms with Crippen LogP contribution in [0.2, 0.25) is 0 Å². The van der Waals surface area contributed by atoms with E-state index in [1.54, 1.807) is 30.5 Å². The highest BCUT2D eigenvalue weighted by atomic mass is 32.2. The van der Waals surface area contributed by atoms with Crippen molar-refractivity contribution >= 4 is 20.9 Å². The fourth-order valence-electron chi connectivity index (χ4n) is 2.80. The Bertz CT molecular complexity index is 1230. The number of fused-ring (bicyclic) bond motifs is 1. The number of aromatic nitrogens is 3. The second-order valence-corrected chi connectivity index (χ2v) is 8.30. The molecule has 0 aliphatic rings. The minimum atomic E-state index is -3.27. The zero-order valence-corrected chi connectivity index (χ0v) is 15.8. The lowest BCUT2D eigenvalue weighted by atomic mass is 10.2. The van der Waals surface area contributed by atoms with Crippen molar-refractivity contribution in [3.05, 3.63) is 66.4 Å². The number of ether oxygens (including phenoxy) is 1. The van der Waals surface area contributed by atoms with E-state index in [9.17, 15) is 13.5 Å². The number of H-pyrrole nitrogens is 1. The Morgan fingerprint density at radius 1 is 1.11 bits per heavy atom. The topological polar surface area (TPSA) is 105 Å². The van der Waals surface area contributed by atoms with Gasteiger partial charge in [0.05, 0.1) is 22.5 Å². The van der Waals surface area contributed by atoms with E-state index in [1.165, 1.54) is 12.1 Å². The first-order valence-electron chi connectivity index (χ1n) is 8.47. The highest BCUT2D eigenvalue weighted by molar-refractivity contribution is 7.90. The average Bonchev–Trinajstić information content (AvgIpc) is 3.10. The molecule has 0 saturated carbocycles. The van der Waals surface area contributed by atoms with Gasteiger partial charge in [-0.05, 0) is 42.5 Å². The molecule has 0 amide bonds. The third-order valence-corrected chi connectivity index (χ3v) is 5.35. The number of sulfone groups is 1. The van der Waals surface area contributed by atoms with Crippen molar-refractivity contribution in [2.24, 2.45) is 0 Å². The van der Waals surface area contributed by atoms with E-state index >= 15 is 0 Å². The van der Waals surface area contributed by atoms with Gasteiger partial charge in [-0.3, -0.25) is 4.98 Å². The molecule has 0 saturated heterocycles. The number of benzene rings is 2. The normalized spacial score (nSPS) is 11.6. The van der Waals surface area contributed by atoms with E-state index in [0.29, 0.717) is 34.1 Å². The number of aromatic amines is 1. The largest absolute Gasteiger partial charge is 0.457 e. The Morgan fingerprint density at radius 3 is 2.54 bits per heavy atom. The lowest BCUT2D eigenvalue weighted by Gasteiger charge is -2.10. The maximum Gasteiger partial charge on any atom is 0.175 e. The molecule has 2 heterocycles. The maximum atomic E-state index is 11.6. The Labute approximate surface area is 161 Å². The molecule has 8 heteroatoms. The van der Waals surface area contributed by atoms with Gasteiger partial charge in [0, 0.05) is 24.1 Å². The number of aliphatic hydroxyl groups is 1. The van der Waals surface area contributed by atoms with E-state index < -0.39 is 9.84 Å². The van der Waals surface area contributed by atoms with Crippen molar-refractivity contribution in [2.45, 2.75) is 11.5 Å². The second kappa shape index (κ2) is 7.06. The highest BCUT2D eigenvalue weighted by Gasteiger charge is 2.13. The SMILES string of the molecule is CS(=O)(=O)c1ccc(Oc2cc3[nH]c(-c4ccccn4)nc3cc2CO)cc1. The fourth-order valence-corrected chi connectivity index (χ4v) is 3.44. The van der Waals surface area contributed by atoms with Gasteiger partial charge >= 0.3 is 0 Å². The summed E-state index contributed by atoms with van der Waals surface area (Å²) in [5.41, 5.74) is 2.70. The van der Waals surface area contributed by atoms with Crippen molar-refractivity contribution in [2.75, 3.05) is 6.26 Å². The van der Waals surface area contributed by atoms with Gasteiger partial charge in [-0.2, -0.15) is 0 Å².